The number of carbonyl (C=O) groups is 1. The van der Waals surface area contributed by atoms with Gasteiger partial charge in [0.05, 0.1) is 6.42 Å². The molecule has 0 radical (unpaired) electrons. The first-order chi connectivity index (χ1) is 9.54. The minimum atomic E-state index is -0.0132. The summed E-state index contributed by atoms with van der Waals surface area (Å²) in [5.74, 6) is -0.0132. The quantitative estimate of drug-likeness (QED) is 0.925. The van der Waals surface area contributed by atoms with Gasteiger partial charge in [0, 0.05) is 29.9 Å². The molecule has 0 bridgehead atoms. The summed E-state index contributed by atoms with van der Waals surface area (Å²) in [4.78, 5) is 14.0. The molecule has 0 heterocycles. The highest BCUT2D eigenvalue weighted by Crippen LogP contribution is 2.16. The van der Waals surface area contributed by atoms with Crippen LogP contribution in [0.15, 0.2) is 53.0 Å². The average Bonchev–Trinajstić information content (AvgIpc) is 2.39. The fraction of sp³-hybridized carbons (Fsp3) is 0.188. The van der Waals surface area contributed by atoms with Gasteiger partial charge in [0.1, 0.15) is 0 Å². The van der Waals surface area contributed by atoms with Crippen molar-refractivity contribution in [3.63, 3.8) is 0 Å². The number of benzene rings is 2. The van der Waals surface area contributed by atoms with E-state index in [1.165, 1.54) is 0 Å². The molecule has 3 nitrogen and oxygen atoms in total. The van der Waals surface area contributed by atoms with Crippen molar-refractivity contribution in [3.8, 4) is 0 Å². The average molecular weight is 333 g/mol. The molecule has 0 unspecified atom stereocenters. The van der Waals surface area contributed by atoms with Gasteiger partial charge in [-0.2, -0.15) is 0 Å². The van der Waals surface area contributed by atoms with E-state index in [2.05, 4.69) is 21.2 Å². The van der Waals surface area contributed by atoms with Gasteiger partial charge in [0.2, 0.25) is 5.91 Å². The summed E-state index contributed by atoms with van der Waals surface area (Å²) in [7, 11) is 3.97. The molecule has 0 fully saturated rings. The lowest BCUT2D eigenvalue weighted by molar-refractivity contribution is -0.115. The fourth-order valence-corrected chi connectivity index (χ4v) is 2.33. The van der Waals surface area contributed by atoms with Crippen LogP contribution < -0.4 is 10.2 Å². The number of anilines is 2. The number of hydrogen-bond donors (Lipinski definition) is 1. The number of amides is 1. The first-order valence-electron chi connectivity index (χ1n) is 6.36. The van der Waals surface area contributed by atoms with E-state index < -0.39 is 0 Å². The van der Waals surface area contributed by atoms with Gasteiger partial charge in [-0.3, -0.25) is 4.79 Å². The van der Waals surface area contributed by atoms with E-state index in [4.69, 9.17) is 0 Å². The zero-order valence-corrected chi connectivity index (χ0v) is 13.1. The van der Waals surface area contributed by atoms with Crippen molar-refractivity contribution in [1.82, 2.24) is 0 Å². The highest BCUT2D eigenvalue weighted by molar-refractivity contribution is 9.10. The molecule has 0 spiro atoms. The Balaban J connectivity index is 1.97. The number of halogens is 1. The Bertz CT molecular complexity index is 594. The number of carbonyl (C=O) groups excluding carboxylic acids is 1. The smallest absolute Gasteiger partial charge is 0.228 e. The summed E-state index contributed by atoms with van der Waals surface area (Å²) in [6, 6.07) is 15.6. The lowest BCUT2D eigenvalue weighted by atomic mass is 10.1. The third-order valence-electron chi connectivity index (χ3n) is 2.92. The predicted octanol–water partition coefficient (Wildman–Crippen LogP) is 3.70. The van der Waals surface area contributed by atoms with Crippen LogP contribution in [0, 0.1) is 0 Å². The summed E-state index contributed by atoms with van der Waals surface area (Å²) in [5, 5.41) is 2.90. The highest BCUT2D eigenvalue weighted by atomic mass is 79.9. The van der Waals surface area contributed by atoms with Gasteiger partial charge in [-0.15, -0.1) is 0 Å². The molecule has 0 aromatic heterocycles. The third kappa shape index (κ3) is 4.10. The minimum Gasteiger partial charge on any atom is -0.378 e. The van der Waals surface area contributed by atoms with Gasteiger partial charge < -0.3 is 10.2 Å². The molecule has 0 atom stereocenters. The molecule has 0 saturated carbocycles. The summed E-state index contributed by atoms with van der Waals surface area (Å²) in [6.45, 7) is 0. The molecular weight excluding hydrogens is 316 g/mol. The number of hydrogen-bond acceptors (Lipinski definition) is 2. The maximum atomic E-state index is 12.0. The Morgan fingerprint density at radius 3 is 2.45 bits per heavy atom. The van der Waals surface area contributed by atoms with Crippen LogP contribution in [0.2, 0.25) is 0 Å². The minimum absolute atomic E-state index is 0.0132. The normalized spacial score (nSPS) is 10.2. The van der Waals surface area contributed by atoms with E-state index in [0.717, 1.165) is 21.4 Å². The monoisotopic (exact) mass is 332 g/mol. The molecule has 2 aromatic rings. The molecule has 1 N–H and O–H groups in total. The van der Waals surface area contributed by atoms with Crippen molar-refractivity contribution >= 4 is 33.2 Å². The Morgan fingerprint density at radius 1 is 1.15 bits per heavy atom. The fourth-order valence-electron chi connectivity index (χ4n) is 1.88. The molecule has 0 saturated heterocycles. The molecule has 0 aliphatic carbocycles. The third-order valence-corrected chi connectivity index (χ3v) is 3.41. The SMILES string of the molecule is CN(C)c1ccc(NC(=O)Cc2cccc(Br)c2)cc1. The van der Waals surface area contributed by atoms with Crippen LogP contribution in [-0.4, -0.2) is 20.0 Å². The van der Waals surface area contributed by atoms with Crippen molar-refractivity contribution in [3.05, 3.63) is 58.6 Å². The van der Waals surface area contributed by atoms with Gasteiger partial charge in [0.25, 0.3) is 0 Å². The van der Waals surface area contributed by atoms with Crippen molar-refractivity contribution in [1.29, 1.82) is 0 Å². The van der Waals surface area contributed by atoms with Crippen LogP contribution in [0.1, 0.15) is 5.56 Å². The Labute approximate surface area is 127 Å². The topological polar surface area (TPSA) is 32.3 Å². The van der Waals surface area contributed by atoms with Crippen LogP contribution in [0.25, 0.3) is 0 Å². The maximum absolute atomic E-state index is 12.0. The highest BCUT2D eigenvalue weighted by Gasteiger charge is 2.05. The predicted molar refractivity (Wildman–Crippen MR) is 87.2 cm³/mol. The van der Waals surface area contributed by atoms with E-state index in [-0.39, 0.29) is 5.91 Å². The van der Waals surface area contributed by atoms with Crippen molar-refractivity contribution < 1.29 is 4.79 Å². The van der Waals surface area contributed by atoms with E-state index in [9.17, 15) is 4.79 Å². The zero-order chi connectivity index (χ0) is 14.5. The van der Waals surface area contributed by atoms with Gasteiger partial charge in [-0.1, -0.05) is 28.1 Å². The van der Waals surface area contributed by atoms with E-state index in [1.807, 2.05) is 67.5 Å². The molecule has 2 rings (SSSR count). The zero-order valence-electron chi connectivity index (χ0n) is 11.6. The second kappa shape index (κ2) is 6.57. The van der Waals surface area contributed by atoms with E-state index in [1.54, 1.807) is 0 Å². The summed E-state index contributed by atoms with van der Waals surface area (Å²) < 4.78 is 0.984. The van der Waals surface area contributed by atoms with Gasteiger partial charge in [-0.05, 0) is 42.0 Å². The lowest BCUT2D eigenvalue weighted by Crippen LogP contribution is -2.14. The maximum Gasteiger partial charge on any atom is 0.228 e. The summed E-state index contributed by atoms with van der Waals surface area (Å²) in [5.41, 5.74) is 2.91. The van der Waals surface area contributed by atoms with Gasteiger partial charge in [-0.25, -0.2) is 0 Å². The van der Waals surface area contributed by atoms with Crippen molar-refractivity contribution in [2.75, 3.05) is 24.3 Å². The molecule has 2 aromatic carbocycles. The Kier molecular flexibility index (Phi) is 4.79. The molecule has 0 aliphatic rings. The largest absolute Gasteiger partial charge is 0.378 e. The number of nitrogens with zero attached hydrogens (tertiary/aromatic N) is 1. The Morgan fingerprint density at radius 2 is 1.85 bits per heavy atom. The molecule has 4 heteroatoms. The molecule has 104 valence electrons. The van der Waals surface area contributed by atoms with Crippen LogP contribution in [0.5, 0.6) is 0 Å². The standard InChI is InChI=1S/C16H17BrN2O/c1-19(2)15-8-6-14(7-9-15)18-16(20)11-12-4-3-5-13(17)10-12/h3-10H,11H2,1-2H3,(H,18,20). The lowest BCUT2D eigenvalue weighted by Gasteiger charge is -2.13. The van der Waals surface area contributed by atoms with Crippen LogP contribution in [0.4, 0.5) is 11.4 Å². The molecule has 0 aliphatic heterocycles. The Hall–Kier alpha value is -1.81. The van der Waals surface area contributed by atoms with Crippen LogP contribution in [0.3, 0.4) is 0 Å². The van der Waals surface area contributed by atoms with Crippen LogP contribution in [-0.2, 0) is 11.2 Å². The first-order valence-corrected chi connectivity index (χ1v) is 7.15. The molecule has 20 heavy (non-hydrogen) atoms. The van der Waals surface area contributed by atoms with Gasteiger partial charge in [0.15, 0.2) is 0 Å². The van der Waals surface area contributed by atoms with Crippen molar-refractivity contribution in [2.24, 2.45) is 0 Å². The number of nitrogens with one attached hydrogen (secondary N) is 1. The van der Waals surface area contributed by atoms with Gasteiger partial charge >= 0.3 is 0 Å². The summed E-state index contributed by atoms with van der Waals surface area (Å²) >= 11 is 3.40. The van der Waals surface area contributed by atoms with E-state index in [0.29, 0.717) is 6.42 Å². The number of rotatable bonds is 4. The van der Waals surface area contributed by atoms with Crippen LogP contribution >= 0.6 is 15.9 Å². The molecule has 1 amide bonds. The molecular formula is C16H17BrN2O. The summed E-state index contributed by atoms with van der Waals surface area (Å²) in [6.07, 6.45) is 0.370. The first kappa shape index (κ1) is 14.6. The van der Waals surface area contributed by atoms with E-state index >= 15 is 0 Å². The second-order valence-electron chi connectivity index (χ2n) is 4.80. The van der Waals surface area contributed by atoms with Crippen molar-refractivity contribution in [2.45, 2.75) is 6.42 Å². The second-order valence-corrected chi connectivity index (χ2v) is 5.71.